The summed E-state index contributed by atoms with van der Waals surface area (Å²) in [6.07, 6.45) is 4.25. The number of hydrogen-bond acceptors (Lipinski definition) is 4. The van der Waals surface area contributed by atoms with E-state index in [2.05, 4.69) is 32.9 Å². The lowest BCUT2D eigenvalue weighted by molar-refractivity contribution is 0.114. The SMILES string of the molecule is CN(C)c1ccc(/C=N\NC(=S)NC[C@H]2CCCO2)cc1. The van der Waals surface area contributed by atoms with Crippen LogP contribution in [0.25, 0.3) is 0 Å². The van der Waals surface area contributed by atoms with Crippen LogP contribution in [0.1, 0.15) is 18.4 Å². The Morgan fingerprint density at radius 1 is 1.43 bits per heavy atom. The first kappa shape index (κ1) is 15.7. The van der Waals surface area contributed by atoms with Crippen LogP contribution in [-0.4, -0.2) is 44.7 Å². The molecule has 2 rings (SSSR count). The largest absolute Gasteiger partial charge is 0.378 e. The highest BCUT2D eigenvalue weighted by molar-refractivity contribution is 7.80. The van der Waals surface area contributed by atoms with Gasteiger partial charge in [-0.05, 0) is 42.8 Å². The fourth-order valence-corrected chi connectivity index (χ4v) is 2.21. The number of nitrogens with zero attached hydrogens (tertiary/aromatic N) is 2. The van der Waals surface area contributed by atoms with Crippen molar-refractivity contribution in [3.05, 3.63) is 29.8 Å². The third-order valence-corrected chi connectivity index (χ3v) is 3.54. The zero-order valence-electron chi connectivity index (χ0n) is 12.5. The standard InChI is InChI=1S/C15H22N4OS/c1-19(2)13-7-5-12(6-8-13)10-17-18-15(21)16-11-14-4-3-9-20-14/h5-8,10,14H,3-4,9,11H2,1-2H3,(H2,16,18,21)/b17-10-/t14-/m1/s1. The number of ether oxygens (including phenoxy) is 1. The van der Waals surface area contributed by atoms with E-state index in [9.17, 15) is 0 Å². The second-order valence-corrected chi connectivity index (χ2v) is 5.61. The van der Waals surface area contributed by atoms with Crippen molar-refractivity contribution in [1.82, 2.24) is 10.7 Å². The van der Waals surface area contributed by atoms with Crippen molar-refractivity contribution in [2.24, 2.45) is 5.10 Å². The van der Waals surface area contributed by atoms with E-state index in [0.29, 0.717) is 5.11 Å². The average Bonchev–Trinajstić information content (AvgIpc) is 2.99. The molecule has 0 radical (unpaired) electrons. The van der Waals surface area contributed by atoms with Crippen molar-refractivity contribution < 1.29 is 4.74 Å². The van der Waals surface area contributed by atoms with Crippen molar-refractivity contribution in [2.45, 2.75) is 18.9 Å². The van der Waals surface area contributed by atoms with Crippen molar-refractivity contribution in [1.29, 1.82) is 0 Å². The lowest BCUT2D eigenvalue weighted by atomic mass is 10.2. The van der Waals surface area contributed by atoms with Gasteiger partial charge < -0.3 is 15.0 Å². The van der Waals surface area contributed by atoms with E-state index in [1.807, 2.05) is 26.2 Å². The molecule has 6 heteroatoms. The van der Waals surface area contributed by atoms with E-state index in [-0.39, 0.29) is 6.10 Å². The number of benzene rings is 1. The van der Waals surface area contributed by atoms with Crippen LogP contribution in [0.15, 0.2) is 29.4 Å². The van der Waals surface area contributed by atoms with Gasteiger partial charge in [0.15, 0.2) is 5.11 Å². The molecule has 0 spiro atoms. The Morgan fingerprint density at radius 2 is 2.19 bits per heavy atom. The molecule has 1 heterocycles. The molecule has 1 aliphatic rings. The first-order valence-electron chi connectivity index (χ1n) is 7.11. The van der Waals surface area contributed by atoms with Crippen LogP contribution in [0.3, 0.4) is 0 Å². The van der Waals surface area contributed by atoms with Crippen LogP contribution in [0.2, 0.25) is 0 Å². The van der Waals surface area contributed by atoms with Crippen molar-refractivity contribution in [2.75, 3.05) is 32.1 Å². The van der Waals surface area contributed by atoms with Gasteiger partial charge >= 0.3 is 0 Å². The highest BCUT2D eigenvalue weighted by atomic mass is 32.1. The average molecular weight is 306 g/mol. The summed E-state index contributed by atoms with van der Waals surface area (Å²) < 4.78 is 5.52. The highest BCUT2D eigenvalue weighted by Gasteiger charge is 2.14. The maximum atomic E-state index is 5.52. The maximum Gasteiger partial charge on any atom is 0.187 e. The number of thiocarbonyl (C=S) groups is 1. The van der Waals surface area contributed by atoms with Crippen molar-refractivity contribution in [3.8, 4) is 0 Å². The van der Waals surface area contributed by atoms with Crippen LogP contribution >= 0.6 is 12.2 Å². The minimum absolute atomic E-state index is 0.271. The summed E-state index contributed by atoms with van der Waals surface area (Å²) in [6.45, 7) is 1.59. The molecule has 1 saturated heterocycles. The van der Waals surface area contributed by atoms with Crippen molar-refractivity contribution >= 4 is 29.2 Å². The minimum Gasteiger partial charge on any atom is -0.378 e. The number of nitrogens with one attached hydrogen (secondary N) is 2. The Hall–Kier alpha value is -1.66. The van der Waals surface area contributed by atoms with E-state index >= 15 is 0 Å². The van der Waals surface area contributed by atoms with Gasteiger partial charge in [0.05, 0.1) is 12.3 Å². The number of anilines is 1. The van der Waals surface area contributed by atoms with Gasteiger partial charge in [0.2, 0.25) is 0 Å². The number of hydrazone groups is 1. The Labute approximate surface area is 131 Å². The van der Waals surface area contributed by atoms with Crippen LogP contribution in [0.5, 0.6) is 0 Å². The first-order chi connectivity index (χ1) is 10.1. The number of hydrogen-bond donors (Lipinski definition) is 2. The third-order valence-electron chi connectivity index (χ3n) is 3.30. The molecular weight excluding hydrogens is 284 g/mol. The predicted octanol–water partition coefficient (Wildman–Crippen LogP) is 1.73. The van der Waals surface area contributed by atoms with E-state index < -0.39 is 0 Å². The molecule has 2 N–H and O–H groups in total. The molecule has 0 amide bonds. The fraction of sp³-hybridized carbons (Fsp3) is 0.467. The summed E-state index contributed by atoms with van der Waals surface area (Å²) in [5.74, 6) is 0. The van der Waals surface area contributed by atoms with E-state index in [1.165, 1.54) is 0 Å². The molecule has 21 heavy (non-hydrogen) atoms. The van der Waals surface area contributed by atoms with Crippen LogP contribution in [0, 0.1) is 0 Å². The number of rotatable bonds is 5. The Bertz CT molecular complexity index is 481. The molecule has 1 fully saturated rings. The summed E-state index contributed by atoms with van der Waals surface area (Å²) in [7, 11) is 4.03. The maximum absolute atomic E-state index is 5.52. The Kier molecular flexibility index (Phi) is 5.95. The van der Waals surface area contributed by atoms with E-state index in [0.717, 1.165) is 37.2 Å². The lowest BCUT2D eigenvalue weighted by Gasteiger charge is -2.12. The highest BCUT2D eigenvalue weighted by Crippen LogP contribution is 2.11. The molecule has 0 bridgehead atoms. The summed E-state index contributed by atoms with van der Waals surface area (Å²) in [5.41, 5.74) is 5.00. The molecule has 114 valence electrons. The summed E-state index contributed by atoms with van der Waals surface area (Å²) in [6, 6.07) is 8.14. The molecular formula is C15H22N4OS. The van der Waals surface area contributed by atoms with Crippen molar-refractivity contribution in [3.63, 3.8) is 0 Å². The molecule has 1 aromatic rings. The van der Waals surface area contributed by atoms with E-state index in [4.69, 9.17) is 17.0 Å². The van der Waals surface area contributed by atoms with Gasteiger partial charge in [0.25, 0.3) is 0 Å². The smallest absolute Gasteiger partial charge is 0.187 e. The molecule has 5 nitrogen and oxygen atoms in total. The molecule has 1 aromatic carbocycles. The molecule has 0 unspecified atom stereocenters. The van der Waals surface area contributed by atoms with Gasteiger partial charge in [-0.3, -0.25) is 5.43 Å². The van der Waals surface area contributed by atoms with E-state index in [1.54, 1.807) is 6.21 Å². The fourth-order valence-electron chi connectivity index (χ4n) is 2.08. The van der Waals surface area contributed by atoms with Gasteiger partial charge in [0, 0.05) is 32.9 Å². The molecule has 1 aliphatic heterocycles. The van der Waals surface area contributed by atoms with Gasteiger partial charge in [0.1, 0.15) is 0 Å². The second kappa shape index (κ2) is 7.95. The monoisotopic (exact) mass is 306 g/mol. The normalized spacial score (nSPS) is 17.9. The summed E-state index contributed by atoms with van der Waals surface area (Å²) >= 11 is 5.16. The molecule has 0 aliphatic carbocycles. The second-order valence-electron chi connectivity index (χ2n) is 5.20. The predicted molar refractivity (Wildman–Crippen MR) is 91.1 cm³/mol. The topological polar surface area (TPSA) is 48.9 Å². The Balaban J connectivity index is 1.72. The third kappa shape index (κ3) is 5.32. The zero-order chi connectivity index (χ0) is 15.1. The molecule has 1 atom stereocenters. The van der Waals surface area contributed by atoms with Gasteiger partial charge in [-0.1, -0.05) is 12.1 Å². The summed E-state index contributed by atoms with van der Waals surface area (Å²) in [5, 5.41) is 7.76. The summed E-state index contributed by atoms with van der Waals surface area (Å²) in [4.78, 5) is 2.06. The quantitative estimate of drug-likeness (QED) is 0.493. The molecule has 0 aromatic heterocycles. The van der Waals surface area contributed by atoms with Gasteiger partial charge in [-0.15, -0.1) is 0 Å². The van der Waals surface area contributed by atoms with Gasteiger partial charge in [-0.2, -0.15) is 5.10 Å². The minimum atomic E-state index is 0.271. The van der Waals surface area contributed by atoms with Crippen LogP contribution in [-0.2, 0) is 4.74 Å². The van der Waals surface area contributed by atoms with Crippen LogP contribution in [0.4, 0.5) is 5.69 Å². The van der Waals surface area contributed by atoms with Gasteiger partial charge in [-0.25, -0.2) is 0 Å². The lowest BCUT2D eigenvalue weighted by Crippen LogP contribution is -2.37. The Morgan fingerprint density at radius 3 is 2.81 bits per heavy atom. The first-order valence-corrected chi connectivity index (χ1v) is 7.52. The zero-order valence-corrected chi connectivity index (χ0v) is 13.3. The van der Waals surface area contributed by atoms with Crippen LogP contribution < -0.4 is 15.6 Å². The molecule has 0 saturated carbocycles.